The second-order valence-electron chi connectivity index (χ2n) is 7.19. The Labute approximate surface area is 126 Å². The molecule has 1 aromatic rings. The Morgan fingerprint density at radius 1 is 1.10 bits per heavy atom. The molecule has 0 spiro atoms. The Morgan fingerprint density at radius 3 is 2.19 bits per heavy atom. The van der Waals surface area contributed by atoms with E-state index < -0.39 is 24.3 Å². The van der Waals surface area contributed by atoms with Gasteiger partial charge in [0.05, 0.1) is 11.2 Å². The van der Waals surface area contributed by atoms with Crippen LogP contribution in [0.3, 0.4) is 0 Å². The lowest BCUT2D eigenvalue weighted by Crippen LogP contribution is -2.41. The van der Waals surface area contributed by atoms with Crippen LogP contribution in [0.2, 0.25) is 0 Å². The van der Waals surface area contributed by atoms with Crippen molar-refractivity contribution in [2.24, 2.45) is 0 Å². The molecule has 0 radical (unpaired) electrons. The molecular weight excluding hydrogens is 268 g/mol. The molecule has 5 heteroatoms. The fourth-order valence-electron chi connectivity index (χ4n) is 3.05. The lowest BCUT2D eigenvalue weighted by Gasteiger charge is -2.32. The number of hydrogen-bond acceptors (Lipinski definition) is 3. The van der Waals surface area contributed by atoms with Crippen molar-refractivity contribution < 1.29 is 13.7 Å². The van der Waals surface area contributed by atoms with Gasteiger partial charge in [-0.05, 0) is 46.6 Å². The molecule has 21 heavy (non-hydrogen) atoms. The van der Waals surface area contributed by atoms with Crippen molar-refractivity contribution in [3.63, 3.8) is 0 Å². The molecule has 2 fully saturated rings. The summed E-state index contributed by atoms with van der Waals surface area (Å²) in [5, 5.41) is 0. The van der Waals surface area contributed by atoms with Gasteiger partial charge in [0, 0.05) is 17.1 Å². The molecule has 0 N–H and O–H groups in total. The highest BCUT2D eigenvalue weighted by molar-refractivity contribution is 6.62. The van der Waals surface area contributed by atoms with E-state index in [0.29, 0.717) is 11.4 Å². The molecule has 2 aliphatic rings. The van der Waals surface area contributed by atoms with E-state index in [1.165, 1.54) is 12.8 Å². The molecule has 114 valence electrons. The van der Waals surface area contributed by atoms with Crippen LogP contribution in [0.25, 0.3) is 0 Å². The Morgan fingerprint density at radius 2 is 1.67 bits per heavy atom. The van der Waals surface area contributed by atoms with Gasteiger partial charge in [-0.15, -0.1) is 0 Å². The van der Waals surface area contributed by atoms with Gasteiger partial charge in [-0.25, -0.2) is 4.98 Å². The summed E-state index contributed by atoms with van der Waals surface area (Å²) in [6.45, 7) is 7.85. The third-order valence-electron chi connectivity index (χ3n) is 5.18. The predicted molar refractivity (Wildman–Crippen MR) is 81.1 cm³/mol. The second kappa shape index (κ2) is 5.06. The summed E-state index contributed by atoms with van der Waals surface area (Å²) in [6.07, 6.45) is 4.66. The normalized spacial score (nSPS) is 24.7. The van der Waals surface area contributed by atoms with Gasteiger partial charge >= 0.3 is 7.12 Å². The van der Waals surface area contributed by atoms with E-state index in [-0.39, 0.29) is 0 Å². The first-order valence-corrected chi connectivity index (χ1v) is 7.82. The van der Waals surface area contributed by atoms with Crippen molar-refractivity contribution in [3.8, 4) is 0 Å². The first kappa shape index (κ1) is 15.0. The maximum absolute atomic E-state index is 14.4. The van der Waals surface area contributed by atoms with Crippen LogP contribution >= 0.6 is 0 Å². The average Bonchev–Trinajstić information content (AvgIpc) is 2.96. The van der Waals surface area contributed by atoms with Crippen LogP contribution in [0.5, 0.6) is 0 Å². The van der Waals surface area contributed by atoms with Gasteiger partial charge in [0.2, 0.25) is 5.95 Å². The summed E-state index contributed by atoms with van der Waals surface area (Å²) in [4.78, 5) is 4.17. The smallest absolute Gasteiger partial charge is 0.399 e. The van der Waals surface area contributed by atoms with Crippen LogP contribution in [-0.2, 0) is 9.31 Å². The molecule has 3 nitrogen and oxygen atoms in total. The highest BCUT2D eigenvalue weighted by Gasteiger charge is 2.52. The number of rotatable bonds is 2. The van der Waals surface area contributed by atoms with E-state index in [1.807, 2.05) is 33.8 Å². The molecule has 1 aliphatic carbocycles. The van der Waals surface area contributed by atoms with Crippen LogP contribution in [0.1, 0.15) is 65.0 Å². The second-order valence-corrected chi connectivity index (χ2v) is 7.19. The van der Waals surface area contributed by atoms with Crippen LogP contribution in [0.4, 0.5) is 4.39 Å². The van der Waals surface area contributed by atoms with Crippen molar-refractivity contribution in [3.05, 3.63) is 23.8 Å². The van der Waals surface area contributed by atoms with Crippen molar-refractivity contribution in [1.82, 2.24) is 4.98 Å². The van der Waals surface area contributed by atoms with E-state index in [1.54, 1.807) is 6.07 Å². The highest BCUT2D eigenvalue weighted by atomic mass is 19.1. The standard InChI is InChI=1S/C16H23BFNO2/c1-15(2)16(3,4)21-17(20-15)12-9-10-13(19-14(12)18)11-7-5-6-8-11/h9-11H,5-8H2,1-4H3. The SMILES string of the molecule is CC1(C)OB(c2ccc(C3CCCC3)nc2F)OC1(C)C. The van der Waals surface area contributed by atoms with Crippen LogP contribution in [0.15, 0.2) is 12.1 Å². The third-order valence-corrected chi connectivity index (χ3v) is 5.18. The number of aromatic nitrogens is 1. The molecule has 0 unspecified atom stereocenters. The largest absolute Gasteiger partial charge is 0.499 e. The van der Waals surface area contributed by atoms with E-state index in [2.05, 4.69) is 4.98 Å². The van der Waals surface area contributed by atoms with Gasteiger partial charge in [-0.1, -0.05) is 18.9 Å². The molecule has 0 aromatic carbocycles. The fourth-order valence-corrected chi connectivity index (χ4v) is 3.05. The molecule has 1 aromatic heterocycles. The quantitative estimate of drug-likeness (QED) is 0.619. The Hall–Kier alpha value is -0.935. The molecule has 2 heterocycles. The minimum atomic E-state index is -0.680. The van der Waals surface area contributed by atoms with Crippen molar-refractivity contribution >= 4 is 12.6 Å². The molecular formula is C16H23BFNO2. The van der Waals surface area contributed by atoms with Crippen LogP contribution in [0, 0.1) is 5.95 Å². The maximum Gasteiger partial charge on any atom is 0.499 e. The van der Waals surface area contributed by atoms with E-state index in [0.717, 1.165) is 18.5 Å². The van der Waals surface area contributed by atoms with E-state index >= 15 is 0 Å². The van der Waals surface area contributed by atoms with Crippen molar-refractivity contribution in [2.75, 3.05) is 0 Å². The maximum atomic E-state index is 14.4. The van der Waals surface area contributed by atoms with Gasteiger partial charge in [-0.3, -0.25) is 0 Å². The number of hydrogen-bond donors (Lipinski definition) is 0. The van der Waals surface area contributed by atoms with E-state index in [4.69, 9.17) is 9.31 Å². The van der Waals surface area contributed by atoms with Gasteiger partial charge in [-0.2, -0.15) is 4.39 Å². The Kier molecular flexibility index (Phi) is 3.61. The molecule has 1 saturated heterocycles. The van der Waals surface area contributed by atoms with Crippen LogP contribution in [-0.4, -0.2) is 23.3 Å². The summed E-state index contributed by atoms with van der Waals surface area (Å²) in [5.41, 5.74) is 0.336. The van der Waals surface area contributed by atoms with Gasteiger partial charge in [0.1, 0.15) is 0 Å². The zero-order chi connectivity index (χ0) is 15.3. The topological polar surface area (TPSA) is 31.4 Å². The van der Waals surface area contributed by atoms with E-state index in [9.17, 15) is 4.39 Å². The number of nitrogens with zero attached hydrogens (tertiary/aromatic N) is 1. The predicted octanol–water partition coefficient (Wildman–Crippen LogP) is 3.18. The molecule has 1 saturated carbocycles. The minimum Gasteiger partial charge on any atom is -0.399 e. The average molecular weight is 291 g/mol. The van der Waals surface area contributed by atoms with Crippen LogP contribution < -0.4 is 5.46 Å². The minimum absolute atomic E-state index is 0.399. The summed E-state index contributed by atoms with van der Waals surface area (Å²) in [6, 6.07) is 3.71. The molecule has 0 atom stereocenters. The zero-order valence-electron chi connectivity index (χ0n) is 13.3. The number of pyridine rings is 1. The highest BCUT2D eigenvalue weighted by Crippen LogP contribution is 2.37. The molecule has 0 amide bonds. The Balaban J connectivity index is 1.84. The number of halogens is 1. The monoisotopic (exact) mass is 291 g/mol. The fraction of sp³-hybridized carbons (Fsp3) is 0.688. The Bertz CT molecular complexity index is 525. The molecule has 0 bridgehead atoms. The first-order chi connectivity index (χ1) is 9.80. The summed E-state index contributed by atoms with van der Waals surface area (Å²) >= 11 is 0. The lowest BCUT2D eigenvalue weighted by atomic mass is 9.79. The lowest BCUT2D eigenvalue weighted by molar-refractivity contribution is 0.00578. The van der Waals surface area contributed by atoms with Gasteiger partial charge < -0.3 is 9.31 Å². The zero-order valence-corrected chi connectivity index (χ0v) is 13.3. The molecule has 1 aliphatic heterocycles. The van der Waals surface area contributed by atoms with Gasteiger partial charge in [0.25, 0.3) is 0 Å². The summed E-state index contributed by atoms with van der Waals surface area (Å²) < 4.78 is 26.2. The molecule has 3 rings (SSSR count). The van der Waals surface area contributed by atoms with Crippen molar-refractivity contribution in [1.29, 1.82) is 0 Å². The summed E-state index contributed by atoms with van der Waals surface area (Å²) in [7, 11) is -0.680. The first-order valence-electron chi connectivity index (χ1n) is 7.82. The van der Waals surface area contributed by atoms with Crippen molar-refractivity contribution in [2.45, 2.75) is 70.5 Å². The summed E-state index contributed by atoms with van der Waals surface area (Å²) in [5.74, 6) is -0.0512. The van der Waals surface area contributed by atoms with Gasteiger partial charge in [0.15, 0.2) is 0 Å². The third kappa shape index (κ3) is 2.62.